The van der Waals surface area contributed by atoms with E-state index >= 15 is 0 Å². The van der Waals surface area contributed by atoms with Crippen molar-refractivity contribution in [1.82, 2.24) is 15.2 Å². The fraction of sp³-hybridized carbons (Fsp3) is 0.318. The van der Waals surface area contributed by atoms with Crippen LogP contribution in [0.3, 0.4) is 0 Å². The number of hydrogen-bond acceptors (Lipinski definition) is 5. The van der Waals surface area contributed by atoms with E-state index in [4.69, 9.17) is 18.0 Å². The summed E-state index contributed by atoms with van der Waals surface area (Å²) in [6.45, 7) is 5.34. The van der Waals surface area contributed by atoms with Crippen molar-refractivity contribution >= 4 is 34.6 Å². The number of carbonyl (C=O) groups is 1. The molecule has 2 aromatic rings. The van der Waals surface area contributed by atoms with Gasteiger partial charge in [-0.05, 0) is 42.7 Å². The Bertz CT molecular complexity index is 956. The third kappa shape index (κ3) is 4.74. The maximum absolute atomic E-state index is 13.0. The summed E-state index contributed by atoms with van der Waals surface area (Å²) in [6.07, 6.45) is 2.58. The zero-order valence-electron chi connectivity index (χ0n) is 17.0. The number of anilines is 2. The zero-order valence-corrected chi connectivity index (χ0v) is 17.8. The molecular formula is C22H27N5OS. The van der Waals surface area contributed by atoms with Crippen LogP contribution >= 0.6 is 12.2 Å². The van der Waals surface area contributed by atoms with Crippen molar-refractivity contribution < 1.29 is 4.79 Å². The van der Waals surface area contributed by atoms with Crippen LogP contribution in [0, 0.1) is 12.8 Å². The standard InChI is InChI=1S/C22H27N5OS/c1-4-16-13-27(3)22(28)19(21(29)26-17-8-6-5-7-14(17)2)20(16)25-12-15-9-10-24-18(23)11-15/h5-11,16,25H,4,12-13H2,1-3H3,(H2,23,24)(H,26,29). The topological polar surface area (TPSA) is 83.3 Å². The lowest BCUT2D eigenvalue weighted by Crippen LogP contribution is -2.45. The molecular weight excluding hydrogens is 382 g/mol. The van der Waals surface area contributed by atoms with Gasteiger partial charge in [0.2, 0.25) is 0 Å². The number of pyridine rings is 1. The third-order valence-electron chi connectivity index (χ3n) is 5.17. The molecule has 1 atom stereocenters. The molecule has 6 nitrogen and oxygen atoms in total. The van der Waals surface area contributed by atoms with E-state index in [-0.39, 0.29) is 11.8 Å². The largest absolute Gasteiger partial charge is 0.384 e. The van der Waals surface area contributed by atoms with Crippen molar-refractivity contribution in [2.24, 2.45) is 5.92 Å². The van der Waals surface area contributed by atoms with Gasteiger partial charge in [-0.15, -0.1) is 0 Å². The Labute approximate surface area is 177 Å². The number of para-hydroxylation sites is 1. The summed E-state index contributed by atoms with van der Waals surface area (Å²) in [7, 11) is 1.82. The average molecular weight is 410 g/mol. The number of nitrogens with zero attached hydrogens (tertiary/aromatic N) is 2. The molecule has 0 radical (unpaired) electrons. The van der Waals surface area contributed by atoms with E-state index in [0.717, 1.165) is 28.9 Å². The van der Waals surface area contributed by atoms with Crippen LogP contribution in [0.1, 0.15) is 24.5 Å². The van der Waals surface area contributed by atoms with Crippen molar-refractivity contribution in [1.29, 1.82) is 0 Å². The minimum atomic E-state index is -0.0717. The highest BCUT2D eigenvalue weighted by molar-refractivity contribution is 7.81. The first-order valence-electron chi connectivity index (χ1n) is 9.71. The molecule has 152 valence electrons. The molecule has 4 N–H and O–H groups in total. The highest BCUT2D eigenvalue weighted by Gasteiger charge is 2.33. The summed E-state index contributed by atoms with van der Waals surface area (Å²) >= 11 is 5.69. The second kappa shape index (κ2) is 9.05. The van der Waals surface area contributed by atoms with E-state index in [0.29, 0.717) is 29.5 Å². The predicted octanol–water partition coefficient (Wildman–Crippen LogP) is 3.25. The van der Waals surface area contributed by atoms with Crippen molar-refractivity contribution in [2.45, 2.75) is 26.8 Å². The van der Waals surface area contributed by atoms with Gasteiger partial charge in [-0.3, -0.25) is 4.79 Å². The smallest absolute Gasteiger partial charge is 0.258 e. The molecule has 0 aliphatic carbocycles. The molecule has 7 heteroatoms. The SMILES string of the molecule is CCC1CN(C)C(=O)C(C(=S)Nc2ccccc2C)=C1NCc1ccnc(N)c1. The van der Waals surface area contributed by atoms with E-state index in [9.17, 15) is 4.79 Å². The van der Waals surface area contributed by atoms with Gasteiger partial charge in [-0.25, -0.2) is 4.98 Å². The highest BCUT2D eigenvalue weighted by atomic mass is 32.1. The maximum Gasteiger partial charge on any atom is 0.258 e. The number of rotatable bonds is 6. The van der Waals surface area contributed by atoms with Gasteiger partial charge in [0.15, 0.2) is 0 Å². The van der Waals surface area contributed by atoms with Crippen LogP contribution in [0.2, 0.25) is 0 Å². The Kier molecular flexibility index (Phi) is 6.49. The second-order valence-electron chi connectivity index (χ2n) is 7.29. The molecule has 1 unspecified atom stereocenters. The van der Waals surface area contributed by atoms with Gasteiger partial charge < -0.3 is 21.3 Å². The zero-order chi connectivity index (χ0) is 21.0. The van der Waals surface area contributed by atoms with E-state index in [1.165, 1.54) is 0 Å². The highest BCUT2D eigenvalue weighted by Crippen LogP contribution is 2.27. The summed E-state index contributed by atoms with van der Waals surface area (Å²) < 4.78 is 0. The predicted molar refractivity (Wildman–Crippen MR) is 121 cm³/mol. The van der Waals surface area contributed by atoms with Gasteiger partial charge >= 0.3 is 0 Å². The molecule has 0 saturated carbocycles. The van der Waals surface area contributed by atoms with Gasteiger partial charge in [0.1, 0.15) is 10.8 Å². The lowest BCUT2D eigenvalue weighted by molar-refractivity contribution is -0.126. The summed E-state index contributed by atoms with van der Waals surface area (Å²) in [5.41, 5.74) is 10.2. The van der Waals surface area contributed by atoms with Crippen LogP contribution in [0.25, 0.3) is 0 Å². The molecule has 0 bridgehead atoms. The van der Waals surface area contributed by atoms with Crippen LogP contribution in [0.15, 0.2) is 53.9 Å². The monoisotopic (exact) mass is 409 g/mol. The van der Waals surface area contributed by atoms with Crippen molar-refractivity contribution in [2.75, 3.05) is 24.6 Å². The number of benzene rings is 1. The number of thiocarbonyl (C=S) groups is 1. The molecule has 1 aliphatic rings. The number of likely N-dealkylation sites (N-methyl/N-ethyl adjacent to an activating group) is 1. The van der Waals surface area contributed by atoms with Crippen LogP contribution in [-0.2, 0) is 11.3 Å². The second-order valence-corrected chi connectivity index (χ2v) is 7.70. The number of aromatic nitrogens is 1. The minimum absolute atomic E-state index is 0.0717. The summed E-state index contributed by atoms with van der Waals surface area (Å²) in [4.78, 5) is 19.3. The van der Waals surface area contributed by atoms with Gasteiger partial charge in [-0.2, -0.15) is 0 Å². The fourth-order valence-electron chi connectivity index (χ4n) is 3.50. The molecule has 2 heterocycles. The summed E-state index contributed by atoms with van der Waals surface area (Å²) in [5.74, 6) is 0.586. The number of nitrogen functional groups attached to an aromatic ring is 1. The Morgan fingerprint density at radius 3 is 2.79 bits per heavy atom. The number of nitrogens with two attached hydrogens (primary N) is 1. The van der Waals surface area contributed by atoms with Gasteiger partial charge in [0, 0.05) is 43.6 Å². The van der Waals surface area contributed by atoms with Crippen molar-refractivity contribution in [3.63, 3.8) is 0 Å². The Hall–Kier alpha value is -2.93. The number of hydrogen-bond donors (Lipinski definition) is 3. The Morgan fingerprint density at radius 2 is 2.10 bits per heavy atom. The number of amides is 1. The van der Waals surface area contributed by atoms with Crippen LogP contribution in [0.4, 0.5) is 11.5 Å². The fourth-order valence-corrected chi connectivity index (χ4v) is 3.81. The quantitative estimate of drug-likeness (QED) is 0.635. The Balaban J connectivity index is 1.93. The molecule has 0 fully saturated rings. The lowest BCUT2D eigenvalue weighted by Gasteiger charge is -2.34. The minimum Gasteiger partial charge on any atom is -0.384 e. The van der Waals surface area contributed by atoms with E-state index in [1.807, 2.05) is 50.4 Å². The first kappa shape index (κ1) is 20.8. The van der Waals surface area contributed by atoms with Crippen LogP contribution < -0.4 is 16.4 Å². The molecule has 0 spiro atoms. The maximum atomic E-state index is 13.0. The number of aryl methyl sites for hydroxylation is 1. The average Bonchev–Trinajstić information content (AvgIpc) is 2.70. The van der Waals surface area contributed by atoms with E-state index < -0.39 is 0 Å². The first-order chi connectivity index (χ1) is 13.9. The van der Waals surface area contributed by atoms with Crippen molar-refractivity contribution in [3.8, 4) is 0 Å². The number of nitrogens with one attached hydrogen (secondary N) is 2. The normalized spacial score (nSPS) is 16.7. The van der Waals surface area contributed by atoms with E-state index in [1.54, 1.807) is 11.1 Å². The molecule has 1 amide bonds. The Morgan fingerprint density at radius 1 is 1.34 bits per heavy atom. The third-order valence-corrected chi connectivity index (χ3v) is 5.48. The number of carbonyl (C=O) groups excluding carboxylic acids is 1. The summed E-state index contributed by atoms with van der Waals surface area (Å²) in [6, 6.07) is 11.6. The van der Waals surface area contributed by atoms with Gasteiger partial charge in [0.05, 0.1) is 5.57 Å². The molecule has 29 heavy (non-hydrogen) atoms. The molecule has 1 aromatic heterocycles. The first-order valence-corrected chi connectivity index (χ1v) is 10.1. The van der Waals surface area contributed by atoms with E-state index in [2.05, 4.69) is 22.5 Å². The molecule has 3 rings (SSSR count). The summed E-state index contributed by atoms with van der Waals surface area (Å²) in [5, 5.41) is 6.74. The molecule has 0 saturated heterocycles. The van der Waals surface area contributed by atoms with Gasteiger partial charge in [0.25, 0.3) is 5.91 Å². The molecule has 1 aliphatic heterocycles. The van der Waals surface area contributed by atoms with Crippen LogP contribution in [0.5, 0.6) is 0 Å². The molecule has 1 aromatic carbocycles. The van der Waals surface area contributed by atoms with Gasteiger partial charge in [-0.1, -0.05) is 37.3 Å². The van der Waals surface area contributed by atoms with Crippen molar-refractivity contribution in [3.05, 3.63) is 65.0 Å². The van der Waals surface area contributed by atoms with Crippen LogP contribution in [-0.4, -0.2) is 34.4 Å². The lowest BCUT2D eigenvalue weighted by atomic mass is 9.92.